The molecule has 3 N–H and O–H groups in total. The van der Waals surface area contributed by atoms with Crippen molar-refractivity contribution in [1.82, 2.24) is 19.7 Å². The number of ether oxygens (including phenoxy) is 1. The van der Waals surface area contributed by atoms with E-state index in [0.717, 1.165) is 25.1 Å². The molecule has 2 aromatic heterocycles. The van der Waals surface area contributed by atoms with Gasteiger partial charge in [-0.1, -0.05) is 24.6 Å². The monoisotopic (exact) mass is 350 g/mol. The summed E-state index contributed by atoms with van der Waals surface area (Å²) in [7, 11) is 1.72. The number of hydrogen-bond acceptors (Lipinski definition) is 6. The first kappa shape index (κ1) is 16.4. The van der Waals surface area contributed by atoms with Crippen LogP contribution in [0.4, 0.5) is 11.8 Å². The average molecular weight is 350 g/mol. The molecule has 7 heteroatoms. The van der Waals surface area contributed by atoms with Gasteiger partial charge in [0.25, 0.3) is 0 Å². The number of nitrogen functional groups attached to an aromatic ring is 1. The summed E-state index contributed by atoms with van der Waals surface area (Å²) in [5.74, 6) is 2.50. The van der Waals surface area contributed by atoms with Crippen LogP contribution in [-0.2, 0) is 5.41 Å². The van der Waals surface area contributed by atoms with Crippen LogP contribution in [0, 0.1) is 0 Å². The summed E-state index contributed by atoms with van der Waals surface area (Å²) >= 11 is 0. The predicted molar refractivity (Wildman–Crippen MR) is 101 cm³/mol. The van der Waals surface area contributed by atoms with Gasteiger partial charge in [-0.25, -0.2) is 4.68 Å². The van der Waals surface area contributed by atoms with Gasteiger partial charge < -0.3 is 15.8 Å². The quantitative estimate of drug-likeness (QED) is 0.710. The molecule has 1 fully saturated rings. The second kappa shape index (κ2) is 6.67. The zero-order valence-electron chi connectivity index (χ0n) is 14.7. The Bertz CT molecular complexity index is 889. The number of para-hydroxylation sites is 1. The van der Waals surface area contributed by atoms with Crippen molar-refractivity contribution in [2.45, 2.75) is 24.7 Å². The number of rotatable bonds is 6. The fraction of sp³-hybridized carbons (Fsp3) is 0.316. The van der Waals surface area contributed by atoms with Crippen molar-refractivity contribution in [3.05, 3.63) is 54.4 Å². The first-order valence-corrected chi connectivity index (χ1v) is 8.72. The fourth-order valence-electron chi connectivity index (χ4n) is 3.55. The van der Waals surface area contributed by atoms with E-state index in [0.29, 0.717) is 11.6 Å². The lowest BCUT2D eigenvalue weighted by Crippen LogP contribution is -2.41. The van der Waals surface area contributed by atoms with Gasteiger partial charge in [0.2, 0.25) is 5.95 Å². The Morgan fingerprint density at radius 3 is 2.77 bits per heavy atom. The Hall–Kier alpha value is -3.09. The molecule has 4 rings (SSSR count). The molecule has 0 spiro atoms. The maximum atomic E-state index is 5.88. The lowest BCUT2D eigenvalue weighted by atomic mass is 9.64. The number of benzene rings is 1. The maximum absolute atomic E-state index is 5.88. The van der Waals surface area contributed by atoms with Crippen LogP contribution in [0.15, 0.2) is 48.8 Å². The van der Waals surface area contributed by atoms with Gasteiger partial charge in [-0.05, 0) is 25.0 Å². The van der Waals surface area contributed by atoms with Crippen LogP contribution in [0.3, 0.4) is 0 Å². The third-order valence-corrected chi connectivity index (χ3v) is 5.07. The Morgan fingerprint density at radius 2 is 2.08 bits per heavy atom. The van der Waals surface area contributed by atoms with Gasteiger partial charge in [0, 0.05) is 36.0 Å². The van der Waals surface area contributed by atoms with Crippen molar-refractivity contribution < 1.29 is 4.74 Å². The Labute approximate surface area is 152 Å². The molecule has 0 aliphatic heterocycles. The summed E-state index contributed by atoms with van der Waals surface area (Å²) in [4.78, 5) is 8.57. The van der Waals surface area contributed by atoms with Crippen LogP contribution < -0.4 is 15.8 Å². The van der Waals surface area contributed by atoms with Gasteiger partial charge in [-0.3, -0.25) is 0 Å². The smallest absolute Gasteiger partial charge is 0.224 e. The summed E-state index contributed by atoms with van der Waals surface area (Å²) in [6.45, 7) is 0.766. The Balaban J connectivity index is 1.58. The normalized spacial score (nSPS) is 15.3. The average Bonchev–Trinajstić information content (AvgIpc) is 3.15. The molecule has 1 aliphatic carbocycles. The first-order chi connectivity index (χ1) is 12.7. The number of hydrogen-bond donors (Lipinski definition) is 2. The van der Waals surface area contributed by atoms with Crippen LogP contribution in [0.1, 0.15) is 24.8 Å². The van der Waals surface area contributed by atoms with Crippen molar-refractivity contribution in [2.24, 2.45) is 0 Å². The maximum Gasteiger partial charge on any atom is 0.224 e. The molecule has 7 nitrogen and oxygen atoms in total. The first-order valence-electron chi connectivity index (χ1n) is 8.72. The number of aromatic nitrogens is 4. The minimum Gasteiger partial charge on any atom is -0.496 e. The zero-order valence-corrected chi connectivity index (χ0v) is 14.7. The van der Waals surface area contributed by atoms with Gasteiger partial charge in [0.05, 0.1) is 7.11 Å². The number of nitrogens with two attached hydrogens (primary N) is 1. The molecule has 0 bridgehead atoms. The van der Waals surface area contributed by atoms with Crippen LogP contribution in [0.5, 0.6) is 5.75 Å². The highest BCUT2D eigenvalue weighted by Gasteiger charge is 2.40. The molecule has 1 aromatic carbocycles. The molecule has 2 heterocycles. The highest BCUT2D eigenvalue weighted by Crippen LogP contribution is 2.47. The lowest BCUT2D eigenvalue weighted by Gasteiger charge is -2.43. The molecule has 0 amide bonds. The van der Waals surface area contributed by atoms with Crippen LogP contribution in [-0.4, -0.2) is 33.4 Å². The molecule has 1 aliphatic rings. The topological polar surface area (TPSA) is 90.9 Å². The molecule has 0 radical (unpaired) electrons. The summed E-state index contributed by atoms with van der Waals surface area (Å²) in [5, 5.41) is 7.65. The molecule has 134 valence electrons. The van der Waals surface area contributed by atoms with E-state index in [1.165, 1.54) is 12.0 Å². The van der Waals surface area contributed by atoms with Gasteiger partial charge in [-0.15, -0.1) is 0 Å². The predicted octanol–water partition coefficient (Wildman–Crippen LogP) is 2.79. The SMILES string of the molecule is COc1ccccc1C1(CNc2cc(-n3cccn3)nc(N)n2)CCC1. The highest BCUT2D eigenvalue weighted by atomic mass is 16.5. The molecule has 1 saturated carbocycles. The summed E-state index contributed by atoms with van der Waals surface area (Å²) < 4.78 is 7.25. The summed E-state index contributed by atoms with van der Waals surface area (Å²) in [6, 6.07) is 11.9. The van der Waals surface area contributed by atoms with Crippen molar-refractivity contribution in [1.29, 1.82) is 0 Å². The highest BCUT2D eigenvalue weighted by molar-refractivity contribution is 5.48. The minimum atomic E-state index is 0.0537. The van der Waals surface area contributed by atoms with E-state index in [9.17, 15) is 0 Å². The zero-order chi connectivity index (χ0) is 18.0. The fourth-order valence-corrected chi connectivity index (χ4v) is 3.55. The second-order valence-corrected chi connectivity index (χ2v) is 6.61. The summed E-state index contributed by atoms with van der Waals surface area (Å²) in [6.07, 6.45) is 6.98. The Kier molecular flexibility index (Phi) is 4.20. The van der Waals surface area contributed by atoms with E-state index in [1.54, 1.807) is 18.0 Å². The van der Waals surface area contributed by atoms with E-state index in [-0.39, 0.29) is 11.4 Å². The van der Waals surface area contributed by atoms with Crippen LogP contribution in [0.25, 0.3) is 5.82 Å². The van der Waals surface area contributed by atoms with Crippen molar-refractivity contribution in [3.63, 3.8) is 0 Å². The molecule has 0 saturated heterocycles. The van der Waals surface area contributed by atoms with E-state index < -0.39 is 0 Å². The van der Waals surface area contributed by atoms with E-state index >= 15 is 0 Å². The number of anilines is 2. The molecule has 26 heavy (non-hydrogen) atoms. The largest absolute Gasteiger partial charge is 0.496 e. The van der Waals surface area contributed by atoms with Crippen LogP contribution >= 0.6 is 0 Å². The molecule has 0 unspecified atom stereocenters. The molecule has 0 atom stereocenters. The van der Waals surface area contributed by atoms with Crippen molar-refractivity contribution >= 4 is 11.8 Å². The van der Waals surface area contributed by atoms with Gasteiger partial charge >= 0.3 is 0 Å². The van der Waals surface area contributed by atoms with Crippen molar-refractivity contribution in [2.75, 3.05) is 24.7 Å². The van der Waals surface area contributed by atoms with E-state index in [4.69, 9.17) is 10.5 Å². The van der Waals surface area contributed by atoms with E-state index in [2.05, 4.69) is 32.5 Å². The van der Waals surface area contributed by atoms with Gasteiger partial charge in [0.15, 0.2) is 5.82 Å². The third kappa shape index (κ3) is 2.96. The minimum absolute atomic E-state index is 0.0537. The second-order valence-electron chi connectivity index (χ2n) is 6.61. The standard InChI is InChI=1S/C19H22N6O/c1-26-15-7-3-2-6-14(15)19(8-4-9-19)13-21-16-12-17(24-18(20)23-16)25-11-5-10-22-25/h2-3,5-7,10-12H,4,8-9,13H2,1H3,(H3,20,21,23,24). The number of methoxy groups -OCH3 is 1. The van der Waals surface area contributed by atoms with Gasteiger partial charge in [-0.2, -0.15) is 15.1 Å². The lowest BCUT2D eigenvalue weighted by molar-refractivity contribution is 0.250. The molecular formula is C19H22N6O. The number of nitrogens with one attached hydrogen (secondary N) is 1. The molecule has 3 aromatic rings. The Morgan fingerprint density at radius 1 is 1.23 bits per heavy atom. The molecular weight excluding hydrogens is 328 g/mol. The van der Waals surface area contributed by atoms with E-state index in [1.807, 2.05) is 30.5 Å². The third-order valence-electron chi connectivity index (χ3n) is 5.07. The van der Waals surface area contributed by atoms with Crippen LogP contribution in [0.2, 0.25) is 0 Å². The number of nitrogens with zero attached hydrogens (tertiary/aromatic N) is 4. The van der Waals surface area contributed by atoms with Gasteiger partial charge in [0.1, 0.15) is 11.6 Å². The summed E-state index contributed by atoms with van der Waals surface area (Å²) in [5.41, 5.74) is 7.18. The van der Waals surface area contributed by atoms with Crippen molar-refractivity contribution in [3.8, 4) is 11.6 Å².